The lowest BCUT2D eigenvalue weighted by atomic mass is 10.1. The molecule has 0 aliphatic rings. The maximum absolute atomic E-state index is 12.3. The van der Waals surface area contributed by atoms with Gasteiger partial charge in [0.25, 0.3) is 0 Å². The van der Waals surface area contributed by atoms with E-state index in [9.17, 15) is 34.1 Å². The number of carbonyl (C=O) groups is 3. The number of phosphoric ester groups is 1. The number of hydrogen-bond donors (Lipinski definition) is 4. The number of aliphatic carboxylic acids is 1. The molecule has 0 fully saturated rings. The molecule has 0 spiro atoms. The molecule has 0 aliphatic carbocycles. The molecular weight excluding hydrogens is 830 g/mol. The number of phosphoric acid groups is 1. The van der Waals surface area contributed by atoms with Gasteiger partial charge in [0.15, 0.2) is 6.04 Å². The zero-order chi connectivity index (χ0) is 47.0. The maximum atomic E-state index is 12.3. The van der Waals surface area contributed by atoms with Crippen molar-refractivity contribution in [2.75, 3.05) is 19.8 Å². The standard InChI is InChI=1S/C52H84NO10P/c1-3-5-7-9-11-13-15-17-19-21-22-23-24-25-26-28-30-32-34-36-38-40-42-44-51(56)61-45-48(54)46-62-64(59,60)63-47-49(52(57)58)53-50(55)43-41-39-37-35-33-31-29-27-20-18-16-14-12-10-8-6-4-2/h5-8,11-14,17-20,22-23,25-26,30,32,48-49,54H,3-4,9-10,15-16,21,24,27-29,31,33-47H2,1-2H3,(H,53,55)(H,57,58)(H,59,60)/b7-5-,8-6-,13-11-,14-12-,19-17-,20-18-,23-22-,26-25-,32-30-. The van der Waals surface area contributed by atoms with E-state index in [1.165, 1.54) is 0 Å². The summed E-state index contributed by atoms with van der Waals surface area (Å²) in [6, 6.07) is -1.56. The first-order valence-electron chi connectivity index (χ1n) is 23.9. The number of carboxylic acids is 1. The number of aliphatic hydroxyl groups is 1. The van der Waals surface area contributed by atoms with E-state index in [1.807, 2.05) is 0 Å². The van der Waals surface area contributed by atoms with E-state index in [0.29, 0.717) is 12.8 Å². The molecule has 0 saturated heterocycles. The van der Waals surface area contributed by atoms with Crippen LogP contribution in [0.3, 0.4) is 0 Å². The van der Waals surface area contributed by atoms with Gasteiger partial charge in [0.05, 0.1) is 13.2 Å². The molecule has 3 atom stereocenters. The summed E-state index contributed by atoms with van der Waals surface area (Å²) in [5.74, 6) is -2.43. The molecule has 362 valence electrons. The Bertz CT molecular complexity index is 1490. The Hall–Kier alpha value is -3.86. The normalized spacial score (nSPS) is 14.6. The summed E-state index contributed by atoms with van der Waals surface area (Å²) in [6.45, 7) is 2.32. The molecule has 11 nitrogen and oxygen atoms in total. The van der Waals surface area contributed by atoms with Crippen molar-refractivity contribution in [1.29, 1.82) is 0 Å². The lowest BCUT2D eigenvalue weighted by Crippen LogP contribution is -2.43. The Morgan fingerprint density at radius 3 is 1.28 bits per heavy atom. The topological polar surface area (TPSA) is 169 Å². The number of aliphatic hydroxyl groups excluding tert-OH is 1. The predicted molar refractivity (Wildman–Crippen MR) is 263 cm³/mol. The van der Waals surface area contributed by atoms with Crippen molar-refractivity contribution in [3.05, 3.63) is 109 Å². The summed E-state index contributed by atoms with van der Waals surface area (Å²) < 4.78 is 26.9. The number of ether oxygens (including phenoxy) is 1. The largest absolute Gasteiger partial charge is 0.480 e. The van der Waals surface area contributed by atoms with Gasteiger partial charge >= 0.3 is 19.8 Å². The molecule has 0 bridgehead atoms. The van der Waals surface area contributed by atoms with Crippen molar-refractivity contribution in [3.63, 3.8) is 0 Å². The van der Waals surface area contributed by atoms with Gasteiger partial charge in [0, 0.05) is 12.8 Å². The SMILES string of the molecule is CC/C=C\C/C=C\C/C=C\C/C=C\C/C=C\C/C=C\CCCCCCC(=O)OCC(O)COP(=O)(O)OCC(NC(=O)CCCCCCCCC/C=C\C/C=C\C/C=C\CC)C(=O)O. The van der Waals surface area contributed by atoms with Crippen molar-refractivity contribution < 1.29 is 47.8 Å². The third kappa shape index (κ3) is 44.7. The lowest BCUT2D eigenvalue weighted by Gasteiger charge is -2.18. The number of hydrogen-bond acceptors (Lipinski definition) is 8. The van der Waals surface area contributed by atoms with Gasteiger partial charge in [-0.15, -0.1) is 0 Å². The van der Waals surface area contributed by atoms with Gasteiger partial charge in [0.1, 0.15) is 12.7 Å². The Kier molecular flexibility index (Phi) is 42.9. The molecule has 4 N–H and O–H groups in total. The number of carboxylic acid groups (broad SMARTS) is 1. The highest BCUT2D eigenvalue weighted by Crippen LogP contribution is 2.43. The molecule has 0 aromatic rings. The van der Waals surface area contributed by atoms with E-state index >= 15 is 0 Å². The number of amides is 1. The molecule has 1 amide bonds. The third-order valence-corrected chi connectivity index (χ3v) is 10.5. The van der Waals surface area contributed by atoms with Crippen LogP contribution in [0.25, 0.3) is 0 Å². The molecular formula is C52H84NO10P. The number of esters is 1. The zero-order valence-corrected chi connectivity index (χ0v) is 40.2. The Labute approximate surface area is 386 Å². The number of unbranched alkanes of at least 4 members (excludes halogenated alkanes) is 11. The summed E-state index contributed by atoms with van der Waals surface area (Å²) in [7, 11) is -4.78. The van der Waals surface area contributed by atoms with E-state index in [1.54, 1.807) is 0 Å². The predicted octanol–water partition coefficient (Wildman–Crippen LogP) is 13.0. The summed E-state index contributed by atoms with van der Waals surface area (Å²) in [5, 5.41) is 21.9. The molecule has 0 aromatic carbocycles. The van der Waals surface area contributed by atoms with Crippen LogP contribution >= 0.6 is 7.82 Å². The maximum Gasteiger partial charge on any atom is 0.472 e. The molecule has 0 radical (unpaired) electrons. The van der Waals surface area contributed by atoms with E-state index in [-0.39, 0.29) is 12.8 Å². The lowest BCUT2D eigenvalue weighted by molar-refractivity contribution is -0.147. The van der Waals surface area contributed by atoms with Crippen LogP contribution in [0, 0.1) is 0 Å². The fourth-order valence-corrected chi connectivity index (χ4v) is 6.69. The monoisotopic (exact) mass is 914 g/mol. The van der Waals surface area contributed by atoms with Crippen molar-refractivity contribution in [3.8, 4) is 0 Å². The molecule has 12 heteroatoms. The average Bonchev–Trinajstić information content (AvgIpc) is 3.27. The highest BCUT2D eigenvalue weighted by Gasteiger charge is 2.28. The molecule has 0 aromatic heterocycles. The van der Waals surface area contributed by atoms with Crippen LogP contribution in [0.4, 0.5) is 0 Å². The van der Waals surface area contributed by atoms with E-state index in [2.05, 4.69) is 129 Å². The molecule has 64 heavy (non-hydrogen) atoms. The minimum Gasteiger partial charge on any atom is -0.480 e. The zero-order valence-electron chi connectivity index (χ0n) is 39.3. The molecule has 0 rings (SSSR count). The minimum atomic E-state index is -4.78. The van der Waals surface area contributed by atoms with Crippen LogP contribution in [0.2, 0.25) is 0 Å². The van der Waals surface area contributed by atoms with Gasteiger partial charge in [-0.25, -0.2) is 9.36 Å². The van der Waals surface area contributed by atoms with Gasteiger partial charge in [-0.1, -0.05) is 168 Å². The smallest absolute Gasteiger partial charge is 0.472 e. The average molecular weight is 914 g/mol. The molecule has 3 unspecified atom stereocenters. The quantitative estimate of drug-likeness (QED) is 0.0200. The van der Waals surface area contributed by atoms with Crippen LogP contribution in [0.5, 0.6) is 0 Å². The minimum absolute atomic E-state index is 0.126. The van der Waals surface area contributed by atoms with E-state index < -0.39 is 57.6 Å². The fourth-order valence-electron chi connectivity index (χ4n) is 5.92. The first-order valence-corrected chi connectivity index (χ1v) is 25.4. The second kappa shape index (κ2) is 45.7. The highest BCUT2D eigenvalue weighted by molar-refractivity contribution is 7.47. The van der Waals surface area contributed by atoms with Crippen molar-refractivity contribution in [2.24, 2.45) is 0 Å². The molecule has 0 saturated carbocycles. The second-order valence-corrected chi connectivity index (χ2v) is 17.0. The van der Waals surface area contributed by atoms with Crippen molar-refractivity contribution >= 4 is 25.7 Å². The van der Waals surface area contributed by atoms with Crippen LogP contribution in [-0.2, 0) is 32.7 Å². The Morgan fingerprint density at radius 2 is 0.859 bits per heavy atom. The third-order valence-electron chi connectivity index (χ3n) is 9.56. The Morgan fingerprint density at radius 1 is 0.500 bits per heavy atom. The van der Waals surface area contributed by atoms with Crippen LogP contribution in [0.1, 0.15) is 168 Å². The van der Waals surface area contributed by atoms with Crippen molar-refractivity contribution in [1.82, 2.24) is 5.32 Å². The van der Waals surface area contributed by atoms with E-state index in [0.717, 1.165) is 128 Å². The van der Waals surface area contributed by atoms with Gasteiger partial charge in [0.2, 0.25) is 5.91 Å². The molecule has 0 aliphatic heterocycles. The number of allylic oxidation sites excluding steroid dienone is 18. The molecule has 0 heterocycles. The summed E-state index contributed by atoms with van der Waals surface area (Å²) in [5.41, 5.74) is 0. The summed E-state index contributed by atoms with van der Waals surface area (Å²) >= 11 is 0. The second-order valence-electron chi connectivity index (χ2n) is 15.5. The van der Waals surface area contributed by atoms with Crippen LogP contribution < -0.4 is 5.32 Å². The van der Waals surface area contributed by atoms with Crippen molar-refractivity contribution in [2.45, 2.75) is 180 Å². The van der Waals surface area contributed by atoms with Crippen LogP contribution in [-0.4, -0.2) is 64.9 Å². The fraction of sp³-hybridized carbons (Fsp3) is 0.596. The van der Waals surface area contributed by atoms with Gasteiger partial charge in [-0.2, -0.15) is 0 Å². The summed E-state index contributed by atoms with van der Waals surface area (Å²) in [4.78, 5) is 46.0. The first kappa shape index (κ1) is 60.1. The number of rotatable bonds is 43. The number of nitrogens with one attached hydrogen (secondary N) is 1. The highest BCUT2D eigenvalue weighted by atomic mass is 31.2. The first-order chi connectivity index (χ1) is 31.1. The van der Waals surface area contributed by atoms with E-state index in [4.69, 9.17) is 13.8 Å². The van der Waals surface area contributed by atoms with Gasteiger partial charge in [-0.05, 0) is 96.3 Å². The van der Waals surface area contributed by atoms with Gasteiger partial charge in [-0.3, -0.25) is 18.6 Å². The Balaban J connectivity index is 3.94. The van der Waals surface area contributed by atoms with Gasteiger partial charge < -0.3 is 25.2 Å². The van der Waals surface area contributed by atoms with Crippen LogP contribution in [0.15, 0.2) is 109 Å². The summed E-state index contributed by atoms with van der Waals surface area (Å²) in [6.07, 6.45) is 59.6. The number of carbonyl (C=O) groups excluding carboxylic acids is 2.